The number of hydrogen-bond acceptors (Lipinski definition) is 3. The van der Waals surface area contributed by atoms with Gasteiger partial charge in [-0.15, -0.1) is 0 Å². The Bertz CT molecular complexity index is 276. The van der Waals surface area contributed by atoms with Crippen molar-refractivity contribution in [1.29, 1.82) is 0 Å². The zero-order valence-corrected chi connectivity index (χ0v) is 9.91. The van der Waals surface area contributed by atoms with Crippen LogP contribution in [0.3, 0.4) is 0 Å². The normalized spacial score (nSPS) is 36.8. The SMILES string of the molecule is C1COC2(CCC(N3CC4(CC4)C3)CC2)O1. The molecule has 0 aromatic heterocycles. The summed E-state index contributed by atoms with van der Waals surface area (Å²) >= 11 is 0. The summed E-state index contributed by atoms with van der Waals surface area (Å²) < 4.78 is 11.5. The maximum Gasteiger partial charge on any atom is 0.168 e. The fraction of sp³-hybridized carbons (Fsp3) is 1.00. The molecule has 4 rings (SSSR count). The molecule has 2 saturated heterocycles. The third kappa shape index (κ3) is 1.45. The van der Waals surface area contributed by atoms with Crippen molar-refractivity contribution >= 4 is 0 Å². The summed E-state index contributed by atoms with van der Waals surface area (Å²) in [4.78, 5) is 2.70. The van der Waals surface area contributed by atoms with Gasteiger partial charge in [0.2, 0.25) is 0 Å². The van der Waals surface area contributed by atoms with Crippen LogP contribution in [0.1, 0.15) is 38.5 Å². The van der Waals surface area contributed by atoms with Crippen LogP contribution in [0.15, 0.2) is 0 Å². The third-order valence-electron chi connectivity index (χ3n) is 5.08. The van der Waals surface area contributed by atoms with Crippen LogP contribution in [-0.4, -0.2) is 43.0 Å². The molecule has 16 heavy (non-hydrogen) atoms. The summed E-state index contributed by atoms with van der Waals surface area (Å²) in [6.45, 7) is 4.37. The highest BCUT2D eigenvalue weighted by atomic mass is 16.7. The lowest BCUT2D eigenvalue weighted by atomic mass is 9.85. The largest absolute Gasteiger partial charge is 0.348 e. The van der Waals surface area contributed by atoms with Crippen molar-refractivity contribution in [1.82, 2.24) is 4.90 Å². The fourth-order valence-electron chi connectivity index (χ4n) is 3.76. The monoisotopic (exact) mass is 223 g/mol. The minimum absolute atomic E-state index is 0.168. The first-order valence-corrected chi connectivity index (χ1v) is 6.81. The molecule has 2 heterocycles. The molecule has 0 aromatic carbocycles. The minimum Gasteiger partial charge on any atom is -0.348 e. The van der Waals surface area contributed by atoms with Gasteiger partial charge in [0.15, 0.2) is 5.79 Å². The second kappa shape index (κ2) is 3.21. The quantitative estimate of drug-likeness (QED) is 0.676. The second-order valence-corrected chi connectivity index (χ2v) is 6.24. The van der Waals surface area contributed by atoms with Gasteiger partial charge in [-0.3, -0.25) is 4.90 Å². The minimum atomic E-state index is -0.168. The van der Waals surface area contributed by atoms with E-state index in [9.17, 15) is 0 Å². The predicted molar refractivity (Wildman–Crippen MR) is 60.1 cm³/mol. The number of ether oxygens (including phenoxy) is 2. The van der Waals surface area contributed by atoms with Crippen LogP contribution in [0.2, 0.25) is 0 Å². The average Bonchev–Trinajstić information content (AvgIpc) is 2.94. The van der Waals surface area contributed by atoms with Crippen LogP contribution in [0, 0.1) is 5.41 Å². The second-order valence-electron chi connectivity index (χ2n) is 6.24. The Hall–Kier alpha value is -0.120. The van der Waals surface area contributed by atoms with Gasteiger partial charge in [-0.25, -0.2) is 0 Å². The number of hydrogen-bond donors (Lipinski definition) is 0. The van der Waals surface area contributed by atoms with E-state index in [1.165, 1.54) is 38.8 Å². The summed E-state index contributed by atoms with van der Waals surface area (Å²) in [6, 6.07) is 0.824. The zero-order chi connectivity index (χ0) is 10.6. The van der Waals surface area contributed by atoms with E-state index in [1.807, 2.05) is 0 Å². The summed E-state index contributed by atoms with van der Waals surface area (Å²) in [5.74, 6) is -0.168. The molecule has 4 aliphatic rings. The molecule has 4 fully saturated rings. The van der Waals surface area contributed by atoms with Gasteiger partial charge < -0.3 is 9.47 Å². The summed E-state index contributed by atoms with van der Waals surface area (Å²) in [6.07, 6.45) is 7.76. The van der Waals surface area contributed by atoms with Crippen molar-refractivity contribution in [3.63, 3.8) is 0 Å². The van der Waals surface area contributed by atoms with E-state index in [-0.39, 0.29) is 5.79 Å². The molecule has 0 unspecified atom stereocenters. The van der Waals surface area contributed by atoms with Gasteiger partial charge in [-0.2, -0.15) is 0 Å². The molecule has 0 aromatic rings. The van der Waals surface area contributed by atoms with Crippen molar-refractivity contribution in [3.8, 4) is 0 Å². The first-order valence-electron chi connectivity index (χ1n) is 6.81. The highest BCUT2D eigenvalue weighted by molar-refractivity contribution is 5.07. The maximum atomic E-state index is 5.77. The maximum absolute atomic E-state index is 5.77. The molecule has 2 aliphatic heterocycles. The molecule has 0 radical (unpaired) electrons. The average molecular weight is 223 g/mol. The standard InChI is InChI=1S/C13H21NO2/c1-3-13(15-7-8-16-13)4-2-11(1)14-9-12(10-14)5-6-12/h11H,1-10H2. The molecule has 0 N–H and O–H groups in total. The molecule has 2 aliphatic carbocycles. The lowest BCUT2D eigenvalue weighted by Crippen LogP contribution is -2.55. The number of rotatable bonds is 1. The Balaban J connectivity index is 1.33. The zero-order valence-electron chi connectivity index (χ0n) is 9.91. The molecular formula is C13H21NO2. The van der Waals surface area contributed by atoms with Crippen molar-refractivity contribution in [2.45, 2.75) is 50.4 Å². The molecule has 0 bridgehead atoms. The molecule has 0 amide bonds. The van der Waals surface area contributed by atoms with Crippen molar-refractivity contribution < 1.29 is 9.47 Å². The Labute approximate surface area is 97.1 Å². The molecule has 3 nitrogen and oxygen atoms in total. The van der Waals surface area contributed by atoms with E-state index in [4.69, 9.17) is 9.47 Å². The third-order valence-corrected chi connectivity index (χ3v) is 5.08. The molecule has 90 valence electrons. The van der Waals surface area contributed by atoms with Crippen LogP contribution in [0.4, 0.5) is 0 Å². The van der Waals surface area contributed by atoms with E-state index >= 15 is 0 Å². The van der Waals surface area contributed by atoms with E-state index in [0.717, 1.165) is 37.5 Å². The van der Waals surface area contributed by atoms with Crippen LogP contribution in [0.5, 0.6) is 0 Å². The topological polar surface area (TPSA) is 21.7 Å². The van der Waals surface area contributed by atoms with Crippen LogP contribution < -0.4 is 0 Å². The Morgan fingerprint density at radius 3 is 2.06 bits per heavy atom. The summed E-state index contributed by atoms with van der Waals surface area (Å²) in [7, 11) is 0. The Morgan fingerprint density at radius 2 is 1.50 bits per heavy atom. The lowest BCUT2D eigenvalue weighted by molar-refractivity contribution is -0.187. The number of likely N-dealkylation sites (tertiary alicyclic amines) is 1. The molecule has 3 heteroatoms. The van der Waals surface area contributed by atoms with Gasteiger partial charge in [0, 0.05) is 32.0 Å². The fourth-order valence-corrected chi connectivity index (χ4v) is 3.76. The summed E-state index contributed by atoms with van der Waals surface area (Å²) in [5, 5.41) is 0. The van der Waals surface area contributed by atoms with E-state index < -0.39 is 0 Å². The highest BCUT2D eigenvalue weighted by Crippen LogP contribution is 2.54. The molecular weight excluding hydrogens is 202 g/mol. The van der Waals surface area contributed by atoms with Crippen molar-refractivity contribution in [2.75, 3.05) is 26.3 Å². The predicted octanol–water partition coefficient (Wildman–Crippen LogP) is 1.77. The van der Waals surface area contributed by atoms with Gasteiger partial charge in [-0.1, -0.05) is 0 Å². The highest BCUT2D eigenvalue weighted by Gasteiger charge is 2.54. The van der Waals surface area contributed by atoms with Gasteiger partial charge in [0.25, 0.3) is 0 Å². The molecule has 0 atom stereocenters. The van der Waals surface area contributed by atoms with Gasteiger partial charge in [0.05, 0.1) is 13.2 Å². The lowest BCUT2D eigenvalue weighted by Gasteiger charge is -2.48. The van der Waals surface area contributed by atoms with Crippen molar-refractivity contribution in [2.24, 2.45) is 5.41 Å². The van der Waals surface area contributed by atoms with E-state index in [0.29, 0.717) is 0 Å². The first-order chi connectivity index (χ1) is 7.79. The van der Waals surface area contributed by atoms with Crippen LogP contribution >= 0.6 is 0 Å². The molecule has 2 saturated carbocycles. The first kappa shape index (κ1) is 9.86. The van der Waals surface area contributed by atoms with Crippen LogP contribution in [0.25, 0.3) is 0 Å². The summed E-state index contributed by atoms with van der Waals surface area (Å²) in [5.41, 5.74) is 0.801. The van der Waals surface area contributed by atoms with Crippen molar-refractivity contribution in [3.05, 3.63) is 0 Å². The Morgan fingerprint density at radius 1 is 0.875 bits per heavy atom. The number of nitrogens with zero attached hydrogens (tertiary/aromatic N) is 1. The van der Waals surface area contributed by atoms with E-state index in [2.05, 4.69) is 4.90 Å². The van der Waals surface area contributed by atoms with Gasteiger partial charge in [0.1, 0.15) is 0 Å². The van der Waals surface area contributed by atoms with Gasteiger partial charge >= 0.3 is 0 Å². The Kier molecular flexibility index (Phi) is 1.98. The molecule has 2 spiro atoms. The van der Waals surface area contributed by atoms with E-state index in [1.54, 1.807) is 0 Å². The smallest absolute Gasteiger partial charge is 0.168 e. The van der Waals surface area contributed by atoms with Gasteiger partial charge in [-0.05, 0) is 31.1 Å². The van der Waals surface area contributed by atoms with Crippen LogP contribution in [-0.2, 0) is 9.47 Å².